The first-order chi connectivity index (χ1) is 10.9. The number of carbonyl (C=O) groups is 2. The Bertz CT molecular complexity index is 747. The molecule has 0 spiro atoms. The fraction of sp³-hybridized carbons (Fsp3) is 0.176. The van der Waals surface area contributed by atoms with Gasteiger partial charge in [0.15, 0.2) is 0 Å². The minimum absolute atomic E-state index is 0.134. The Kier molecular flexibility index (Phi) is 5.05. The molecule has 120 valence electrons. The topological polar surface area (TPSA) is 58.2 Å². The van der Waals surface area contributed by atoms with Crippen LogP contribution in [0.25, 0.3) is 0 Å². The number of benzene rings is 2. The Morgan fingerprint density at radius 3 is 2.43 bits per heavy atom. The summed E-state index contributed by atoms with van der Waals surface area (Å²) >= 11 is 0. The van der Waals surface area contributed by atoms with Crippen LogP contribution in [0.3, 0.4) is 0 Å². The van der Waals surface area contributed by atoms with Gasteiger partial charge in [0.25, 0.3) is 5.91 Å². The number of carbonyl (C=O) groups excluding carboxylic acids is 2. The van der Waals surface area contributed by atoms with Crippen LogP contribution in [0.15, 0.2) is 42.5 Å². The number of amides is 2. The molecule has 0 aliphatic rings. The Morgan fingerprint density at radius 2 is 1.78 bits per heavy atom. The van der Waals surface area contributed by atoms with Gasteiger partial charge >= 0.3 is 0 Å². The largest absolute Gasteiger partial charge is 0.340 e. The first kappa shape index (κ1) is 16.6. The first-order valence-corrected chi connectivity index (χ1v) is 7.01. The lowest BCUT2D eigenvalue weighted by Gasteiger charge is -2.15. The highest BCUT2D eigenvalue weighted by Crippen LogP contribution is 2.16. The number of halogens is 2. The molecule has 0 heterocycles. The van der Waals surface area contributed by atoms with Crippen molar-refractivity contribution in [2.45, 2.75) is 19.9 Å². The number of hydrogen-bond donors (Lipinski definition) is 2. The number of nitrogens with one attached hydrogen (secondary N) is 2. The normalized spacial score (nSPS) is 11.7. The molecular formula is C17H16F2N2O2. The molecule has 1 atom stereocenters. The van der Waals surface area contributed by atoms with Crippen molar-refractivity contribution < 1.29 is 18.4 Å². The van der Waals surface area contributed by atoms with E-state index in [0.717, 1.165) is 0 Å². The van der Waals surface area contributed by atoms with E-state index in [-0.39, 0.29) is 5.56 Å². The summed E-state index contributed by atoms with van der Waals surface area (Å²) in [6.07, 6.45) is 0. The summed E-state index contributed by atoms with van der Waals surface area (Å²) in [5.74, 6) is -2.22. The molecule has 0 aliphatic heterocycles. The molecule has 4 nitrogen and oxygen atoms in total. The van der Waals surface area contributed by atoms with Crippen molar-refractivity contribution in [3.8, 4) is 0 Å². The lowest BCUT2D eigenvalue weighted by atomic mass is 10.1. The van der Waals surface area contributed by atoms with Gasteiger partial charge in [-0.25, -0.2) is 8.78 Å². The van der Waals surface area contributed by atoms with E-state index < -0.39 is 29.5 Å². The van der Waals surface area contributed by atoms with Crippen molar-refractivity contribution in [1.29, 1.82) is 0 Å². The van der Waals surface area contributed by atoms with Crippen LogP contribution in [-0.4, -0.2) is 17.9 Å². The van der Waals surface area contributed by atoms with E-state index in [9.17, 15) is 18.4 Å². The second kappa shape index (κ2) is 7.00. The van der Waals surface area contributed by atoms with Crippen molar-refractivity contribution in [3.63, 3.8) is 0 Å². The summed E-state index contributed by atoms with van der Waals surface area (Å²) in [5.41, 5.74) is 0.875. The summed E-state index contributed by atoms with van der Waals surface area (Å²) in [6, 6.07) is 8.58. The average molecular weight is 318 g/mol. The molecule has 0 saturated heterocycles. The molecule has 2 aromatic rings. The molecule has 2 N–H and O–H groups in total. The zero-order valence-corrected chi connectivity index (χ0v) is 12.7. The Morgan fingerprint density at radius 1 is 1.09 bits per heavy atom. The maximum atomic E-state index is 13.5. The van der Waals surface area contributed by atoms with Crippen molar-refractivity contribution in [3.05, 3.63) is 65.2 Å². The lowest BCUT2D eigenvalue weighted by molar-refractivity contribution is -0.117. The molecule has 1 unspecified atom stereocenters. The van der Waals surface area contributed by atoms with Gasteiger partial charge in [0, 0.05) is 5.69 Å². The quantitative estimate of drug-likeness (QED) is 0.910. The Hall–Kier alpha value is -2.76. The predicted octanol–water partition coefficient (Wildman–Crippen LogP) is 3.03. The Balaban J connectivity index is 2.03. The zero-order chi connectivity index (χ0) is 17.0. The molecule has 23 heavy (non-hydrogen) atoms. The van der Waals surface area contributed by atoms with Crippen LogP contribution in [0.5, 0.6) is 0 Å². The standard InChI is InChI=1S/C17H16F2N2O2/c1-10-9-12(18)7-8-15(10)21-16(22)11(2)20-17(23)13-5-3-4-6-14(13)19/h3-9,11H,1-2H3,(H,20,23)(H,21,22). The molecule has 0 radical (unpaired) electrons. The maximum Gasteiger partial charge on any atom is 0.254 e. The monoisotopic (exact) mass is 318 g/mol. The van der Waals surface area contributed by atoms with Crippen LogP contribution >= 0.6 is 0 Å². The highest BCUT2D eigenvalue weighted by atomic mass is 19.1. The third kappa shape index (κ3) is 4.12. The second-order valence-corrected chi connectivity index (χ2v) is 5.12. The van der Waals surface area contributed by atoms with Gasteiger partial charge in [0.1, 0.15) is 17.7 Å². The van der Waals surface area contributed by atoms with Gasteiger partial charge in [-0.3, -0.25) is 9.59 Å². The molecule has 2 aromatic carbocycles. The minimum atomic E-state index is -0.883. The van der Waals surface area contributed by atoms with Gasteiger partial charge in [0.2, 0.25) is 5.91 Å². The van der Waals surface area contributed by atoms with Crippen molar-refractivity contribution in [2.24, 2.45) is 0 Å². The van der Waals surface area contributed by atoms with Crippen molar-refractivity contribution >= 4 is 17.5 Å². The smallest absolute Gasteiger partial charge is 0.254 e. The summed E-state index contributed by atoms with van der Waals surface area (Å²) in [7, 11) is 0. The van der Waals surface area contributed by atoms with Crippen LogP contribution in [-0.2, 0) is 4.79 Å². The molecule has 2 amide bonds. The second-order valence-electron chi connectivity index (χ2n) is 5.12. The van der Waals surface area contributed by atoms with Crippen molar-refractivity contribution in [2.75, 3.05) is 5.32 Å². The fourth-order valence-corrected chi connectivity index (χ4v) is 1.99. The summed E-state index contributed by atoms with van der Waals surface area (Å²) in [5, 5.41) is 5.02. The number of aryl methyl sites for hydroxylation is 1. The van der Waals surface area contributed by atoms with Gasteiger partial charge in [0.05, 0.1) is 5.56 Å². The van der Waals surface area contributed by atoms with Crippen LogP contribution in [0.2, 0.25) is 0 Å². The van der Waals surface area contributed by atoms with E-state index >= 15 is 0 Å². The van der Waals surface area contributed by atoms with Gasteiger partial charge in [-0.15, -0.1) is 0 Å². The molecular weight excluding hydrogens is 302 g/mol. The molecule has 6 heteroatoms. The molecule has 0 bridgehead atoms. The lowest BCUT2D eigenvalue weighted by Crippen LogP contribution is -2.42. The average Bonchev–Trinajstić information content (AvgIpc) is 2.50. The molecule has 0 aliphatic carbocycles. The first-order valence-electron chi connectivity index (χ1n) is 7.01. The van der Waals surface area contributed by atoms with Crippen LogP contribution in [0.1, 0.15) is 22.8 Å². The van der Waals surface area contributed by atoms with E-state index in [1.54, 1.807) is 6.92 Å². The summed E-state index contributed by atoms with van der Waals surface area (Å²) in [4.78, 5) is 24.1. The van der Waals surface area contributed by atoms with E-state index in [1.807, 2.05) is 0 Å². The van der Waals surface area contributed by atoms with Gasteiger partial charge in [-0.1, -0.05) is 12.1 Å². The van der Waals surface area contributed by atoms with Gasteiger partial charge in [-0.05, 0) is 49.7 Å². The van der Waals surface area contributed by atoms with E-state index in [2.05, 4.69) is 10.6 Å². The van der Waals surface area contributed by atoms with E-state index in [4.69, 9.17) is 0 Å². The van der Waals surface area contributed by atoms with Gasteiger partial charge < -0.3 is 10.6 Å². The molecule has 0 fully saturated rings. The number of hydrogen-bond acceptors (Lipinski definition) is 2. The molecule has 2 rings (SSSR count). The maximum absolute atomic E-state index is 13.5. The summed E-state index contributed by atoms with van der Waals surface area (Å²) < 4.78 is 26.6. The third-order valence-electron chi connectivity index (χ3n) is 3.31. The predicted molar refractivity (Wildman–Crippen MR) is 83.1 cm³/mol. The Labute approximate surface area is 132 Å². The molecule has 0 saturated carbocycles. The van der Waals surface area contributed by atoms with Gasteiger partial charge in [-0.2, -0.15) is 0 Å². The van der Waals surface area contributed by atoms with Crippen molar-refractivity contribution in [1.82, 2.24) is 5.32 Å². The van der Waals surface area contributed by atoms with Crippen LogP contribution in [0.4, 0.5) is 14.5 Å². The SMILES string of the molecule is Cc1cc(F)ccc1NC(=O)C(C)NC(=O)c1ccccc1F. The summed E-state index contributed by atoms with van der Waals surface area (Å²) in [6.45, 7) is 3.13. The number of rotatable bonds is 4. The third-order valence-corrected chi connectivity index (χ3v) is 3.31. The fourth-order valence-electron chi connectivity index (χ4n) is 1.99. The zero-order valence-electron chi connectivity index (χ0n) is 12.7. The highest BCUT2D eigenvalue weighted by Gasteiger charge is 2.19. The molecule has 0 aromatic heterocycles. The van der Waals surface area contributed by atoms with Crippen LogP contribution in [0, 0.1) is 18.6 Å². The van der Waals surface area contributed by atoms with E-state index in [0.29, 0.717) is 11.3 Å². The highest BCUT2D eigenvalue weighted by molar-refractivity contribution is 6.01. The number of anilines is 1. The van der Waals surface area contributed by atoms with Crippen LogP contribution < -0.4 is 10.6 Å². The minimum Gasteiger partial charge on any atom is -0.340 e. The van der Waals surface area contributed by atoms with E-state index in [1.165, 1.54) is 49.4 Å².